The maximum Gasteiger partial charge on any atom is 0.161 e. The van der Waals surface area contributed by atoms with Gasteiger partial charge in [-0.3, -0.25) is 9.00 Å². The van der Waals surface area contributed by atoms with Crippen molar-refractivity contribution in [1.29, 1.82) is 0 Å². The Morgan fingerprint density at radius 2 is 2.20 bits per heavy atom. The zero-order valence-electron chi connectivity index (χ0n) is 9.58. The molecular formula is C11H20O2S2. The number of carbonyl (C=O) groups excluding carboxylic acids is 1. The first kappa shape index (κ1) is 13.2. The van der Waals surface area contributed by atoms with Crippen LogP contribution in [-0.2, 0) is 15.6 Å². The molecule has 0 spiro atoms. The molecule has 0 aliphatic carbocycles. The van der Waals surface area contributed by atoms with Crippen LogP contribution in [0.3, 0.4) is 0 Å². The fourth-order valence-electron chi connectivity index (χ4n) is 1.87. The van der Waals surface area contributed by atoms with E-state index in [-0.39, 0.29) is 5.78 Å². The number of hydrogen-bond donors (Lipinski definition) is 0. The van der Waals surface area contributed by atoms with Gasteiger partial charge in [-0.2, -0.15) is 0 Å². The molecule has 15 heavy (non-hydrogen) atoms. The van der Waals surface area contributed by atoms with Crippen LogP contribution in [0.5, 0.6) is 0 Å². The number of hydrogen-bond acceptors (Lipinski definition) is 3. The van der Waals surface area contributed by atoms with Crippen LogP contribution in [-0.4, -0.2) is 25.6 Å². The SMILES string of the molecule is CCCC[C@@]1(C(=O)CC)SCCCS1=O. The van der Waals surface area contributed by atoms with Crippen LogP contribution < -0.4 is 0 Å². The normalized spacial score (nSPS) is 31.5. The highest BCUT2D eigenvalue weighted by Gasteiger charge is 2.44. The Balaban J connectivity index is 2.82. The van der Waals surface area contributed by atoms with Crippen molar-refractivity contribution >= 4 is 28.3 Å². The van der Waals surface area contributed by atoms with E-state index in [1.807, 2.05) is 6.92 Å². The monoisotopic (exact) mass is 248 g/mol. The number of rotatable bonds is 5. The Labute approximate surface area is 99.0 Å². The average molecular weight is 248 g/mol. The predicted molar refractivity (Wildman–Crippen MR) is 67.6 cm³/mol. The third-order valence-electron chi connectivity index (χ3n) is 2.78. The van der Waals surface area contributed by atoms with Crippen LogP contribution >= 0.6 is 11.8 Å². The summed E-state index contributed by atoms with van der Waals surface area (Å²) in [5.41, 5.74) is 0. The molecule has 0 saturated carbocycles. The quantitative estimate of drug-likeness (QED) is 0.750. The molecule has 1 saturated heterocycles. The van der Waals surface area contributed by atoms with Gasteiger partial charge in [0.25, 0.3) is 0 Å². The lowest BCUT2D eigenvalue weighted by atomic mass is 10.1. The van der Waals surface area contributed by atoms with Gasteiger partial charge in [0.1, 0.15) is 4.08 Å². The first-order valence-corrected chi connectivity index (χ1v) is 8.03. The molecule has 88 valence electrons. The van der Waals surface area contributed by atoms with Crippen molar-refractivity contribution in [3.63, 3.8) is 0 Å². The van der Waals surface area contributed by atoms with Gasteiger partial charge in [-0.05, 0) is 18.6 Å². The fraction of sp³-hybridized carbons (Fsp3) is 0.909. The second kappa shape index (κ2) is 6.04. The second-order valence-corrected chi connectivity index (χ2v) is 7.33. The molecule has 2 nitrogen and oxygen atoms in total. The van der Waals surface area contributed by atoms with Gasteiger partial charge < -0.3 is 0 Å². The minimum atomic E-state index is -0.955. The molecule has 2 atom stereocenters. The fourth-order valence-corrected chi connectivity index (χ4v) is 5.80. The summed E-state index contributed by atoms with van der Waals surface area (Å²) in [6, 6.07) is 0. The van der Waals surface area contributed by atoms with E-state index in [1.54, 1.807) is 11.8 Å². The van der Waals surface area contributed by atoms with Gasteiger partial charge in [-0.1, -0.05) is 26.7 Å². The Hall–Kier alpha value is 0.170. The van der Waals surface area contributed by atoms with Crippen molar-refractivity contribution in [3.8, 4) is 0 Å². The van der Waals surface area contributed by atoms with Crippen molar-refractivity contribution < 1.29 is 9.00 Å². The summed E-state index contributed by atoms with van der Waals surface area (Å²) >= 11 is 1.64. The minimum Gasteiger partial charge on any atom is -0.297 e. The Morgan fingerprint density at radius 1 is 1.47 bits per heavy atom. The lowest BCUT2D eigenvalue weighted by Crippen LogP contribution is -2.43. The number of Topliss-reactive ketones (excluding diaryl/α,β-unsaturated/α-hetero) is 1. The molecule has 0 radical (unpaired) electrons. The van der Waals surface area contributed by atoms with Crippen LogP contribution in [0.15, 0.2) is 0 Å². The highest BCUT2D eigenvalue weighted by Crippen LogP contribution is 2.40. The molecule has 1 heterocycles. The van der Waals surface area contributed by atoms with Gasteiger partial charge >= 0.3 is 0 Å². The Bertz CT molecular complexity index is 243. The zero-order valence-corrected chi connectivity index (χ0v) is 11.2. The molecule has 1 fully saturated rings. The van der Waals surface area contributed by atoms with E-state index in [4.69, 9.17) is 0 Å². The summed E-state index contributed by atoms with van der Waals surface area (Å²) in [6.45, 7) is 3.99. The molecule has 0 amide bonds. The van der Waals surface area contributed by atoms with Crippen LogP contribution in [0.25, 0.3) is 0 Å². The van der Waals surface area contributed by atoms with E-state index in [0.29, 0.717) is 12.2 Å². The van der Waals surface area contributed by atoms with Crippen molar-refractivity contribution in [1.82, 2.24) is 0 Å². The molecule has 0 aromatic carbocycles. The van der Waals surface area contributed by atoms with E-state index in [1.165, 1.54) is 0 Å². The van der Waals surface area contributed by atoms with Crippen LogP contribution in [0.1, 0.15) is 46.0 Å². The molecule has 0 bridgehead atoms. The Morgan fingerprint density at radius 3 is 2.73 bits per heavy atom. The van der Waals surface area contributed by atoms with E-state index in [0.717, 1.165) is 31.4 Å². The van der Waals surface area contributed by atoms with Crippen LogP contribution in [0.4, 0.5) is 0 Å². The van der Waals surface area contributed by atoms with E-state index in [9.17, 15) is 9.00 Å². The minimum absolute atomic E-state index is 0.194. The van der Waals surface area contributed by atoms with Crippen LogP contribution in [0, 0.1) is 0 Å². The van der Waals surface area contributed by atoms with Gasteiger partial charge in [0.15, 0.2) is 5.78 Å². The molecule has 0 aromatic heterocycles. The first-order valence-electron chi connectivity index (χ1n) is 5.73. The van der Waals surface area contributed by atoms with E-state index in [2.05, 4.69) is 6.92 Å². The summed E-state index contributed by atoms with van der Waals surface area (Å²) < 4.78 is 11.5. The Kier molecular flexibility index (Phi) is 5.33. The highest BCUT2D eigenvalue weighted by atomic mass is 32.2. The topological polar surface area (TPSA) is 34.1 Å². The molecule has 4 heteroatoms. The van der Waals surface area contributed by atoms with Gasteiger partial charge in [-0.25, -0.2) is 0 Å². The first-order chi connectivity index (χ1) is 7.17. The largest absolute Gasteiger partial charge is 0.297 e. The predicted octanol–water partition coefficient (Wildman–Crippen LogP) is 2.74. The second-order valence-electron chi connectivity index (χ2n) is 3.88. The van der Waals surface area contributed by atoms with Crippen molar-refractivity contribution in [3.05, 3.63) is 0 Å². The summed E-state index contributed by atoms with van der Waals surface area (Å²) in [6.07, 6.45) is 4.37. The van der Waals surface area contributed by atoms with Gasteiger partial charge in [0.2, 0.25) is 0 Å². The lowest BCUT2D eigenvalue weighted by molar-refractivity contribution is -0.119. The molecule has 1 aliphatic rings. The zero-order chi connectivity index (χ0) is 11.3. The summed E-state index contributed by atoms with van der Waals surface area (Å²) in [5, 5.41) is 0. The number of carbonyl (C=O) groups is 1. The molecule has 1 aliphatic heterocycles. The molecule has 1 rings (SSSR count). The highest BCUT2D eigenvalue weighted by molar-refractivity contribution is 8.14. The van der Waals surface area contributed by atoms with E-state index >= 15 is 0 Å². The number of unbranched alkanes of at least 4 members (excludes halogenated alkanes) is 1. The van der Waals surface area contributed by atoms with Crippen LogP contribution in [0.2, 0.25) is 0 Å². The molecule has 0 aromatic rings. The smallest absolute Gasteiger partial charge is 0.161 e. The number of thioether (sulfide) groups is 1. The maximum absolute atomic E-state index is 12.1. The third kappa shape index (κ3) is 2.84. The maximum atomic E-state index is 12.1. The summed E-state index contributed by atoms with van der Waals surface area (Å²) in [4.78, 5) is 12.0. The molecular weight excluding hydrogens is 228 g/mol. The molecule has 0 N–H and O–H groups in total. The van der Waals surface area contributed by atoms with Crippen molar-refractivity contribution in [2.24, 2.45) is 0 Å². The van der Waals surface area contributed by atoms with Crippen molar-refractivity contribution in [2.45, 2.75) is 50.0 Å². The van der Waals surface area contributed by atoms with E-state index < -0.39 is 14.9 Å². The number of ketones is 1. The van der Waals surface area contributed by atoms with Crippen molar-refractivity contribution in [2.75, 3.05) is 11.5 Å². The summed E-state index contributed by atoms with van der Waals surface area (Å²) in [5.74, 6) is 1.89. The summed E-state index contributed by atoms with van der Waals surface area (Å²) in [7, 11) is -0.955. The van der Waals surface area contributed by atoms with Gasteiger partial charge in [0, 0.05) is 23.0 Å². The average Bonchev–Trinajstić information content (AvgIpc) is 2.27. The van der Waals surface area contributed by atoms with Gasteiger partial charge in [-0.15, -0.1) is 11.8 Å². The standard InChI is InChI=1S/C11H20O2S2/c1-3-5-7-11(10(12)4-2)14-8-6-9-15(11)13/h3-9H2,1-2H3/t11-,15?/m1/s1. The van der Waals surface area contributed by atoms with Gasteiger partial charge in [0.05, 0.1) is 0 Å². The molecule has 1 unspecified atom stereocenters. The third-order valence-corrected chi connectivity index (χ3v) is 6.91. The lowest BCUT2D eigenvalue weighted by Gasteiger charge is -2.34.